The van der Waals surface area contributed by atoms with Crippen molar-refractivity contribution < 1.29 is 9.50 Å². The van der Waals surface area contributed by atoms with Crippen LogP contribution in [0.1, 0.15) is 31.4 Å². The monoisotopic (exact) mass is 168 g/mol. The van der Waals surface area contributed by atoms with E-state index < -0.39 is 6.10 Å². The van der Waals surface area contributed by atoms with E-state index in [0.29, 0.717) is 0 Å². The summed E-state index contributed by atoms with van der Waals surface area (Å²) in [5.74, 6) is -0.262. The summed E-state index contributed by atoms with van der Waals surface area (Å²) >= 11 is 0. The zero-order valence-electron chi connectivity index (χ0n) is 7.13. The maximum Gasteiger partial charge on any atom is 0.123 e. The summed E-state index contributed by atoms with van der Waals surface area (Å²) in [5.41, 5.74) is 0.790. The van der Waals surface area contributed by atoms with Crippen LogP contribution in [0.2, 0.25) is 0 Å². The normalized spacial score (nSPS) is 12.9. The minimum Gasteiger partial charge on any atom is -0.388 e. The van der Waals surface area contributed by atoms with Gasteiger partial charge in [0.05, 0.1) is 6.10 Å². The van der Waals surface area contributed by atoms with Crippen molar-refractivity contribution in [3.8, 4) is 0 Å². The summed E-state index contributed by atoms with van der Waals surface area (Å²) in [7, 11) is 0. The Morgan fingerprint density at radius 1 is 1.33 bits per heavy atom. The van der Waals surface area contributed by atoms with Crippen molar-refractivity contribution in [1.82, 2.24) is 0 Å². The third kappa shape index (κ3) is 2.31. The van der Waals surface area contributed by atoms with Gasteiger partial charge in [0.15, 0.2) is 0 Å². The van der Waals surface area contributed by atoms with Gasteiger partial charge in [0, 0.05) is 0 Å². The van der Waals surface area contributed by atoms with Gasteiger partial charge in [-0.15, -0.1) is 0 Å². The first-order chi connectivity index (χ1) is 5.74. The summed E-state index contributed by atoms with van der Waals surface area (Å²) in [4.78, 5) is 0. The Hall–Kier alpha value is -0.890. The fourth-order valence-electron chi connectivity index (χ4n) is 1.13. The Kier molecular flexibility index (Phi) is 3.23. The highest BCUT2D eigenvalue weighted by atomic mass is 19.1. The number of rotatable bonds is 3. The van der Waals surface area contributed by atoms with Gasteiger partial charge in [-0.2, -0.15) is 0 Å². The van der Waals surface area contributed by atoms with Gasteiger partial charge in [-0.3, -0.25) is 0 Å². The molecule has 1 rings (SSSR count). The summed E-state index contributed by atoms with van der Waals surface area (Å²) in [6.45, 7) is 2.01. The van der Waals surface area contributed by atoms with Gasteiger partial charge in [-0.05, 0) is 24.1 Å². The second-order valence-electron chi connectivity index (χ2n) is 2.86. The molecule has 0 saturated heterocycles. The molecule has 1 N–H and O–H groups in total. The van der Waals surface area contributed by atoms with Gasteiger partial charge in [0.2, 0.25) is 0 Å². The summed E-state index contributed by atoms with van der Waals surface area (Å²) in [6.07, 6.45) is 1.21. The molecule has 0 aliphatic carbocycles. The van der Waals surface area contributed by atoms with Crippen molar-refractivity contribution in [1.29, 1.82) is 0 Å². The number of aliphatic hydroxyl groups is 1. The SMILES string of the molecule is CCC[C@H](O)c1ccc(F)cc1. The smallest absolute Gasteiger partial charge is 0.123 e. The average Bonchev–Trinajstić information content (AvgIpc) is 2.06. The Morgan fingerprint density at radius 3 is 2.42 bits per heavy atom. The van der Waals surface area contributed by atoms with Crippen molar-refractivity contribution in [3.63, 3.8) is 0 Å². The molecule has 0 bridgehead atoms. The standard InChI is InChI=1S/C10H13FO/c1-2-3-10(12)8-4-6-9(11)7-5-8/h4-7,10,12H,2-3H2,1H3/t10-/m0/s1. The molecule has 66 valence electrons. The lowest BCUT2D eigenvalue weighted by Gasteiger charge is -2.08. The first kappa shape index (κ1) is 9.20. The summed E-state index contributed by atoms with van der Waals surface area (Å²) in [5, 5.41) is 9.49. The number of hydrogen-bond acceptors (Lipinski definition) is 1. The van der Waals surface area contributed by atoms with E-state index in [-0.39, 0.29) is 5.82 Å². The molecule has 12 heavy (non-hydrogen) atoms. The molecule has 1 aromatic carbocycles. The zero-order valence-corrected chi connectivity index (χ0v) is 7.13. The van der Waals surface area contributed by atoms with E-state index in [1.165, 1.54) is 12.1 Å². The summed E-state index contributed by atoms with van der Waals surface area (Å²) < 4.78 is 12.5. The molecule has 1 aromatic rings. The number of hydrogen-bond donors (Lipinski definition) is 1. The molecule has 1 nitrogen and oxygen atoms in total. The molecule has 0 aliphatic rings. The van der Waals surface area contributed by atoms with Crippen LogP contribution in [0.15, 0.2) is 24.3 Å². The second-order valence-corrected chi connectivity index (χ2v) is 2.86. The predicted octanol–water partition coefficient (Wildman–Crippen LogP) is 2.66. The quantitative estimate of drug-likeness (QED) is 0.735. The van der Waals surface area contributed by atoms with Crippen LogP contribution in [-0.2, 0) is 0 Å². The Bertz CT molecular complexity index is 230. The van der Waals surface area contributed by atoms with Gasteiger partial charge in [0.25, 0.3) is 0 Å². The first-order valence-corrected chi connectivity index (χ1v) is 4.17. The van der Waals surface area contributed by atoms with Crippen LogP contribution in [0.25, 0.3) is 0 Å². The Morgan fingerprint density at radius 2 is 1.92 bits per heavy atom. The lowest BCUT2D eigenvalue weighted by molar-refractivity contribution is 0.166. The molecule has 0 aliphatic heterocycles. The minimum absolute atomic E-state index is 0.262. The molecule has 1 atom stereocenters. The Balaban J connectivity index is 2.68. The van der Waals surface area contributed by atoms with Gasteiger partial charge in [0.1, 0.15) is 5.82 Å². The van der Waals surface area contributed by atoms with Gasteiger partial charge in [-0.1, -0.05) is 25.5 Å². The zero-order chi connectivity index (χ0) is 8.97. The van der Waals surface area contributed by atoms with Crippen LogP contribution in [0, 0.1) is 5.82 Å². The van der Waals surface area contributed by atoms with Crippen LogP contribution < -0.4 is 0 Å². The number of benzene rings is 1. The van der Waals surface area contributed by atoms with Gasteiger partial charge < -0.3 is 5.11 Å². The van der Waals surface area contributed by atoms with E-state index in [9.17, 15) is 9.50 Å². The van der Waals surface area contributed by atoms with Gasteiger partial charge in [-0.25, -0.2) is 4.39 Å². The molecular weight excluding hydrogens is 155 g/mol. The van der Waals surface area contributed by atoms with Crippen molar-refractivity contribution in [2.45, 2.75) is 25.9 Å². The van der Waals surface area contributed by atoms with Gasteiger partial charge >= 0.3 is 0 Å². The lowest BCUT2D eigenvalue weighted by atomic mass is 10.1. The molecular formula is C10H13FO. The van der Waals surface area contributed by atoms with Crippen molar-refractivity contribution in [3.05, 3.63) is 35.6 Å². The van der Waals surface area contributed by atoms with Crippen LogP contribution >= 0.6 is 0 Å². The number of halogens is 1. The molecule has 0 spiro atoms. The molecule has 0 amide bonds. The molecule has 0 unspecified atom stereocenters. The minimum atomic E-state index is -0.449. The van der Waals surface area contributed by atoms with E-state index in [0.717, 1.165) is 18.4 Å². The van der Waals surface area contributed by atoms with Crippen LogP contribution in [-0.4, -0.2) is 5.11 Å². The topological polar surface area (TPSA) is 20.2 Å². The van der Waals surface area contributed by atoms with E-state index in [1.807, 2.05) is 6.92 Å². The molecule has 0 saturated carbocycles. The third-order valence-corrected chi connectivity index (χ3v) is 1.82. The average molecular weight is 168 g/mol. The predicted molar refractivity (Wildman–Crippen MR) is 46.3 cm³/mol. The molecule has 0 fully saturated rings. The highest BCUT2D eigenvalue weighted by Crippen LogP contribution is 2.17. The van der Waals surface area contributed by atoms with E-state index in [2.05, 4.69) is 0 Å². The molecule has 0 aromatic heterocycles. The maximum absolute atomic E-state index is 12.5. The summed E-state index contributed by atoms with van der Waals surface area (Å²) in [6, 6.07) is 5.98. The highest BCUT2D eigenvalue weighted by molar-refractivity contribution is 5.18. The van der Waals surface area contributed by atoms with Crippen LogP contribution in [0.5, 0.6) is 0 Å². The van der Waals surface area contributed by atoms with E-state index in [4.69, 9.17) is 0 Å². The highest BCUT2D eigenvalue weighted by Gasteiger charge is 2.04. The largest absolute Gasteiger partial charge is 0.388 e. The molecule has 2 heteroatoms. The molecule has 0 radical (unpaired) electrons. The van der Waals surface area contributed by atoms with Crippen LogP contribution in [0.3, 0.4) is 0 Å². The third-order valence-electron chi connectivity index (χ3n) is 1.82. The van der Waals surface area contributed by atoms with E-state index in [1.54, 1.807) is 12.1 Å². The Labute approximate surface area is 71.9 Å². The fourth-order valence-corrected chi connectivity index (χ4v) is 1.13. The second kappa shape index (κ2) is 4.21. The maximum atomic E-state index is 12.5. The van der Waals surface area contributed by atoms with E-state index >= 15 is 0 Å². The fraction of sp³-hybridized carbons (Fsp3) is 0.400. The van der Waals surface area contributed by atoms with Crippen molar-refractivity contribution in [2.75, 3.05) is 0 Å². The van der Waals surface area contributed by atoms with Crippen LogP contribution in [0.4, 0.5) is 4.39 Å². The molecule has 0 heterocycles. The lowest BCUT2D eigenvalue weighted by Crippen LogP contribution is -1.95. The first-order valence-electron chi connectivity index (χ1n) is 4.17. The van der Waals surface area contributed by atoms with Crippen molar-refractivity contribution >= 4 is 0 Å². The number of aliphatic hydroxyl groups excluding tert-OH is 1. The van der Waals surface area contributed by atoms with Crippen molar-refractivity contribution in [2.24, 2.45) is 0 Å².